The number of amides is 1. The third-order valence-corrected chi connectivity index (χ3v) is 7.06. The summed E-state index contributed by atoms with van der Waals surface area (Å²) in [5.74, 6) is 0.569. The molecule has 176 valence electrons. The van der Waals surface area contributed by atoms with Gasteiger partial charge in [-0.15, -0.1) is 0 Å². The number of hydrogen-bond donors (Lipinski definition) is 1. The second-order valence-electron chi connectivity index (χ2n) is 7.86. The molecular weight excluding hydrogens is 530 g/mol. The predicted molar refractivity (Wildman–Crippen MR) is 142 cm³/mol. The SMILES string of the molecule is COc1cc(/C=c2\sc3nc4ccccc4n3c2=O)c(Br)cc1OCC(=O)Nc1ccc(C)cc1. The number of aryl methyl sites for hydroxylation is 1. The van der Waals surface area contributed by atoms with E-state index in [2.05, 4.69) is 26.2 Å². The molecule has 0 aliphatic heterocycles. The van der Waals surface area contributed by atoms with Crippen molar-refractivity contribution in [3.8, 4) is 11.5 Å². The van der Waals surface area contributed by atoms with Crippen molar-refractivity contribution in [1.82, 2.24) is 9.38 Å². The van der Waals surface area contributed by atoms with Gasteiger partial charge in [0.2, 0.25) is 0 Å². The van der Waals surface area contributed by atoms with Crippen molar-refractivity contribution in [2.24, 2.45) is 0 Å². The molecule has 2 heterocycles. The number of rotatable bonds is 6. The summed E-state index contributed by atoms with van der Waals surface area (Å²) in [6.45, 7) is 1.80. The van der Waals surface area contributed by atoms with Crippen LogP contribution in [0.3, 0.4) is 0 Å². The van der Waals surface area contributed by atoms with Crippen LogP contribution in [0.4, 0.5) is 5.69 Å². The lowest BCUT2D eigenvalue weighted by atomic mass is 10.2. The highest BCUT2D eigenvalue weighted by Gasteiger charge is 2.14. The topological polar surface area (TPSA) is 81.9 Å². The lowest BCUT2D eigenvalue weighted by Gasteiger charge is -2.13. The molecule has 0 aliphatic carbocycles. The van der Waals surface area contributed by atoms with Crippen molar-refractivity contribution in [2.75, 3.05) is 19.0 Å². The molecule has 0 aliphatic rings. The second-order valence-corrected chi connectivity index (χ2v) is 9.73. The number of halogens is 1. The molecule has 9 heteroatoms. The maximum atomic E-state index is 13.1. The third kappa shape index (κ3) is 4.65. The van der Waals surface area contributed by atoms with Crippen LogP contribution in [-0.4, -0.2) is 29.0 Å². The van der Waals surface area contributed by atoms with Gasteiger partial charge < -0.3 is 14.8 Å². The van der Waals surface area contributed by atoms with E-state index in [1.54, 1.807) is 22.6 Å². The summed E-state index contributed by atoms with van der Waals surface area (Å²) >= 11 is 4.87. The average Bonchev–Trinajstić information content (AvgIpc) is 3.36. The smallest absolute Gasteiger partial charge is 0.274 e. The number of thiazole rings is 1. The normalized spacial score (nSPS) is 11.8. The zero-order chi connectivity index (χ0) is 24.5. The average molecular weight is 550 g/mol. The first-order valence-electron chi connectivity index (χ1n) is 10.7. The number of carbonyl (C=O) groups excluding carboxylic acids is 1. The number of nitrogens with zero attached hydrogens (tertiary/aromatic N) is 2. The minimum Gasteiger partial charge on any atom is -0.493 e. The van der Waals surface area contributed by atoms with Crippen LogP contribution in [-0.2, 0) is 4.79 Å². The van der Waals surface area contributed by atoms with Crippen molar-refractivity contribution < 1.29 is 14.3 Å². The van der Waals surface area contributed by atoms with Gasteiger partial charge in [0, 0.05) is 10.2 Å². The highest BCUT2D eigenvalue weighted by molar-refractivity contribution is 9.10. The number of hydrogen-bond acceptors (Lipinski definition) is 6. The van der Waals surface area contributed by atoms with Gasteiger partial charge in [-0.05, 0) is 55.0 Å². The van der Waals surface area contributed by atoms with Crippen LogP contribution in [0.25, 0.3) is 22.1 Å². The van der Waals surface area contributed by atoms with E-state index in [4.69, 9.17) is 9.47 Å². The third-order valence-electron chi connectivity index (χ3n) is 5.41. The molecule has 0 bridgehead atoms. The number of ether oxygens (including phenoxy) is 2. The summed E-state index contributed by atoms with van der Waals surface area (Å²) in [6, 6.07) is 18.6. The summed E-state index contributed by atoms with van der Waals surface area (Å²) in [5.41, 5.74) is 4.00. The number of anilines is 1. The van der Waals surface area contributed by atoms with Crippen molar-refractivity contribution in [3.05, 3.63) is 91.1 Å². The van der Waals surface area contributed by atoms with Gasteiger partial charge >= 0.3 is 0 Å². The summed E-state index contributed by atoms with van der Waals surface area (Å²) in [5, 5.41) is 2.80. The molecule has 3 aromatic carbocycles. The summed E-state index contributed by atoms with van der Waals surface area (Å²) in [6.07, 6.45) is 1.79. The van der Waals surface area contributed by atoms with Crippen LogP contribution in [0.1, 0.15) is 11.1 Å². The van der Waals surface area contributed by atoms with Crippen LogP contribution >= 0.6 is 27.3 Å². The Morgan fingerprint density at radius 3 is 2.69 bits per heavy atom. The lowest BCUT2D eigenvalue weighted by Crippen LogP contribution is -2.22. The molecule has 0 radical (unpaired) electrons. The largest absolute Gasteiger partial charge is 0.493 e. The molecule has 2 aromatic heterocycles. The van der Waals surface area contributed by atoms with Gasteiger partial charge in [-0.2, -0.15) is 0 Å². The number of imidazole rings is 1. The van der Waals surface area contributed by atoms with E-state index < -0.39 is 0 Å². The van der Waals surface area contributed by atoms with Crippen molar-refractivity contribution in [3.63, 3.8) is 0 Å². The van der Waals surface area contributed by atoms with Gasteiger partial charge in [-0.3, -0.25) is 9.59 Å². The fraction of sp³-hybridized carbons (Fsp3) is 0.115. The monoisotopic (exact) mass is 549 g/mol. The van der Waals surface area contributed by atoms with Gasteiger partial charge in [0.05, 0.1) is 22.7 Å². The van der Waals surface area contributed by atoms with Gasteiger partial charge in [-0.25, -0.2) is 9.38 Å². The Hall–Kier alpha value is -3.69. The zero-order valence-corrected chi connectivity index (χ0v) is 21.3. The lowest BCUT2D eigenvalue weighted by molar-refractivity contribution is -0.118. The molecule has 7 nitrogen and oxygen atoms in total. The number of methoxy groups -OCH3 is 1. The van der Waals surface area contributed by atoms with Gasteiger partial charge in [0.25, 0.3) is 11.5 Å². The highest BCUT2D eigenvalue weighted by atomic mass is 79.9. The van der Waals surface area contributed by atoms with E-state index in [0.29, 0.717) is 31.2 Å². The number of carbonyl (C=O) groups is 1. The molecule has 0 atom stereocenters. The molecule has 0 fully saturated rings. The van der Waals surface area contributed by atoms with Crippen LogP contribution in [0.2, 0.25) is 0 Å². The first-order valence-corrected chi connectivity index (χ1v) is 12.3. The fourth-order valence-electron chi connectivity index (χ4n) is 3.66. The van der Waals surface area contributed by atoms with E-state index >= 15 is 0 Å². The standard InChI is InChI=1S/C26H20BrN3O4S/c1-15-7-9-17(10-8-15)28-24(31)14-34-22-13-18(27)16(11-21(22)33-2)12-23-25(32)30-20-6-4-3-5-19(20)29-26(30)35-23/h3-13H,14H2,1-2H3,(H,28,31)/b23-12-. The minimum absolute atomic E-state index is 0.127. The quantitative estimate of drug-likeness (QED) is 0.336. The molecule has 0 saturated heterocycles. The molecule has 0 spiro atoms. The van der Waals surface area contributed by atoms with Gasteiger partial charge in [0.1, 0.15) is 0 Å². The Bertz CT molecular complexity index is 1680. The summed E-state index contributed by atoms with van der Waals surface area (Å²) in [7, 11) is 1.52. The van der Waals surface area contributed by atoms with E-state index in [9.17, 15) is 9.59 Å². The van der Waals surface area contributed by atoms with E-state index in [-0.39, 0.29) is 18.1 Å². The molecule has 0 saturated carbocycles. The van der Waals surface area contributed by atoms with E-state index in [1.165, 1.54) is 18.4 Å². The molecule has 5 rings (SSSR count). The second kappa shape index (κ2) is 9.52. The van der Waals surface area contributed by atoms with Crippen LogP contribution < -0.4 is 24.9 Å². The number of aromatic nitrogens is 2. The van der Waals surface area contributed by atoms with Gasteiger partial charge in [0.15, 0.2) is 23.1 Å². The molecule has 1 amide bonds. The number of fused-ring (bicyclic) bond motifs is 3. The van der Waals surface area contributed by atoms with Crippen LogP contribution in [0, 0.1) is 6.92 Å². The maximum absolute atomic E-state index is 13.1. The Balaban J connectivity index is 1.40. The Morgan fingerprint density at radius 1 is 1.14 bits per heavy atom. The Kier molecular flexibility index (Phi) is 6.27. The first-order chi connectivity index (χ1) is 16.9. The number of nitrogens with one attached hydrogen (secondary N) is 1. The minimum atomic E-state index is -0.284. The Labute approximate surface area is 212 Å². The van der Waals surface area contributed by atoms with Crippen molar-refractivity contribution >= 4 is 60.9 Å². The fourth-order valence-corrected chi connectivity index (χ4v) is 5.08. The van der Waals surface area contributed by atoms with Crippen LogP contribution in [0.5, 0.6) is 11.5 Å². The molecule has 5 aromatic rings. The molecule has 35 heavy (non-hydrogen) atoms. The predicted octanol–water partition coefficient (Wildman–Crippen LogP) is 4.55. The van der Waals surface area contributed by atoms with Crippen LogP contribution in [0.15, 0.2) is 69.9 Å². The summed E-state index contributed by atoms with van der Waals surface area (Å²) in [4.78, 5) is 30.6. The van der Waals surface area contributed by atoms with E-state index in [1.807, 2.05) is 55.5 Å². The zero-order valence-electron chi connectivity index (χ0n) is 18.9. The number of benzene rings is 3. The molecule has 1 N–H and O–H groups in total. The Morgan fingerprint density at radius 2 is 1.91 bits per heavy atom. The van der Waals surface area contributed by atoms with Crippen molar-refractivity contribution in [1.29, 1.82) is 0 Å². The number of para-hydroxylation sites is 2. The first kappa shape index (κ1) is 23.1. The van der Waals surface area contributed by atoms with E-state index in [0.717, 1.165) is 22.2 Å². The van der Waals surface area contributed by atoms with Gasteiger partial charge in [-0.1, -0.05) is 57.1 Å². The van der Waals surface area contributed by atoms with Crippen molar-refractivity contribution in [2.45, 2.75) is 6.92 Å². The highest BCUT2D eigenvalue weighted by Crippen LogP contribution is 2.34. The molecular formula is C26H20BrN3O4S. The summed E-state index contributed by atoms with van der Waals surface area (Å²) < 4.78 is 14.1. The maximum Gasteiger partial charge on any atom is 0.274 e. The molecule has 0 unspecified atom stereocenters.